The molecule has 3 aliphatic heterocycles. The van der Waals surface area contributed by atoms with Crippen LogP contribution in [0, 0.1) is 6.92 Å². The van der Waals surface area contributed by atoms with Crippen LogP contribution in [0.1, 0.15) is 46.9 Å². The van der Waals surface area contributed by atoms with E-state index in [-0.39, 0.29) is 30.1 Å². The van der Waals surface area contributed by atoms with Gasteiger partial charge < -0.3 is 15.1 Å². The minimum absolute atomic E-state index is 0.0509. The standard InChI is InChI=1S/C21H27N5O3S2/c1-13-3-4-15(19(28)26-9-10-31-12-26)18(22-13)14-5-7-25(8-6-14)17(27)11-16-20(29)24(2)21(30)23-16/h3-4,14,16H,5-12H2,1-2H3,(H,23,30). The Morgan fingerprint density at radius 1 is 1.23 bits per heavy atom. The van der Waals surface area contributed by atoms with E-state index in [9.17, 15) is 14.4 Å². The van der Waals surface area contributed by atoms with Crippen molar-refractivity contribution >= 4 is 46.8 Å². The number of thioether (sulfide) groups is 1. The fourth-order valence-electron chi connectivity index (χ4n) is 4.30. The second-order valence-electron chi connectivity index (χ2n) is 8.25. The van der Waals surface area contributed by atoms with Gasteiger partial charge in [-0.1, -0.05) is 0 Å². The van der Waals surface area contributed by atoms with E-state index in [0.29, 0.717) is 23.8 Å². The van der Waals surface area contributed by atoms with Gasteiger partial charge in [0.2, 0.25) is 5.91 Å². The molecule has 0 aromatic carbocycles. The first-order valence-corrected chi connectivity index (χ1v) is 12.1. The molecule has 3 saturated heterocycles. The number of thiocarbonyl (C=S) groups is 1. The first-order chi connectivity index (χ1) is 14.8. The molecule has 1 unspecified atom stereocenters. The lowest BCUT2D eigenvalue weighted by Gasteiger charge is -2.33. The lowest BCUT2D eigenvalue weighted by molar-refractivity contribution is -0.136. The summed E-state index contributed by atoms with van der Waals surface area (Å²) in [5.74, 6) is 1.68. The van der Waals surface area contributed by atoms with Crippen LogP contribution >= 0.6 is 24.0 Å². The van der Waals surface area contributed by atoms with Crippen LogP contribution in [0.25, 0.3) is 0 Å². The second-order valence-corrected chi connectivity index (χ2v) is 9.71. The van der Waals surface area contributed by atoms with E-state index in [1.54, 1.807) is 23.7 Å². The first kappa shape index (κ1) is 22.0. The fraction of sp³-hybridized carbons (Fsp3) is 0.571. The fourth-order valence-corrected chi connectivity index (χ4v) is 5.48. The largest absolute Gasteiger partial charge is 0.350 e. The summed E-state index contributed by atoms with van der Waals surface area (Å²) in [5, 5.41) is 3.28. The summed E-state index contributed by atoms with van der Waals surface area (Å²) < 4.78 is 0. The Hall–Kier alpha value is -2.20. The number of piperidine rings is 1. The van der Waals surface area contributed by atoms with Crippen molar-refractivity contribution in [3.05, 3.63) is 29.1 Å². The molecule has 4 rings (SSSR count). The monoisotopic (exact) mass is 461 g/mol. The number of hydrogen-bond acceptors (Lipinski definition) is 6. The molecule has 0 spiro atoms. The van der Waals surface area contributed by atoms with Crippen molar-refractivity contribution in [2.24, 2.45) is 0 Å². The maximum absolute atomic E-state index is 13.0. The first-order valence-electron chi connectivity index (χ1n) is 10.6. The molecule has 0 bridgehead atoms. The van der Waals surface area contributed by atoms with E-state index in [0.717, 1.165) is 42.4 Å². The van der Waals surface area contributed by atoms with Gasteiger partial charge in [0, 0.05) is 44.0 Å². The minimum Gasteiger partial charge on any atom is -0.350 e. The summed E-state index contributed by atoms with van der Waals surface area (Å²) in [4.78, 5) is 47.8. The summed E-state index contributed by atoms with van der Waals surface area (Å²) in [6.45, 7) is 3.90. The van der Waals surface area contributed by atoms with Gasteiger partial charge in [0.05, 0.1) is 23.6 Å². The molecule has 1 aromatic heterocycles. The maximum Gasteiger partial charge on any atom is 0.256 e. The molecule has 1 atom stereocenters. The Bertz CT molecular complexity index is 910. The summed E-state index contributed by atoms with van der Waals surface area (Å²) in [6.07, 6.45) is 1.61. The molecule has 166 valence electrons. The predicted octanol–water partition coefficient (Wildman–Crippen LogP) is 1.35. The van der Waals surface area contributed by atoms with E-state index < -0.39 is 6.04 Å². The van der Waals surface area contributed by atoms with Crippen LogP contribution in [-0.2, 0) is 9.59 Å². The Kier molecular flexibility index (Phi) is 6.47. The quantitative estimate of drug-likeness (QED) is 0.678. The second kappa shape index (κ2) is 9.12. The number of likely N-dealkylation sites (tertiary alicyclic amines) is 1. The lowest BCUT2D eigenvalue weighted by atomic mass is 9.89. The molecular weight excluding hydrogens is 434 g/mol. The molecule has 1 aromatic rings. The third-order valence-electron chi connectivity index (χ3n) is 6.18. The molecule has 0 aliphatic carbocycles. The summed E-state index contributed by atoms with van der Waals surface area (Å²) in [5.41, 5.74) is 2.44. The van der Waals surface area contributed by atoms with Gasteiger partial charge in [0.25, 0.3) is 11.8 Å². The van der Waals surface area contributed by atoms with Gasteiger partial charge in [-0.3, -0.25) is 24.3 Å². The molecule has 1 N–H and O–H groups in total. The van der Waals surface area contributed by atoms with E-state index in [2.05, 4.69) is 5.32 Å². The van der Waals surface area contributed by atoms with E-state index in [4.69, 9.17) is 17.2 Å². The van der Waals surface area contributed by atoms with Crippen LogP contribution in [0.2, 0.25) is 0 Å². The zero-order valence-corrected chi connectivity index (χ0v) is 19.4. The van der Waals surface area contributed by atoms with Gasteiger partial charge in [0.15, 0.2) is 5.11 Å². The topological polar surface area (TPSA) is 85.9 Å². The highest BCUT2D eigenvalue weighted by Crippen LogP contribution is 2.31. The third-order valence-corrected chi connectivity index (χ3v) is 7.54. The number of nitrogens with one attached hydrogen (secondary N) is 1. The number of pyridine rings is 1. The number of nitrogens with zero attached hydrogens (tertiary/aromatic N) is 4. The van der Waals surface area contributed by atoms with Crippen LogP contribution in [-0.4, -0.2) is 86.9 Å². The molecule has 31 heavy (non-hydrogen) atoms. The van der Waals surface area contributed by atoms with Gasteiger partial charge in [-0.05, 0) is 44.1 Å². The number of aromatic nitrogens is 1. The number of hydrogen-bond donors (Lipinski definition) is 1. The number of amides is 3. The highest BCUT2D eigenvalue weighted by Gasteiger charge is 2.36. The molecule has 3 amide bonds. The molecule has 4 heterocycles. The minimum atomic E-state index is -0.580. The van der Waals surface area contributed by atoms with Gasteiger partial charge in [-0.15, -0.1) is 11.8 Å². The summed E-state index contributed by atoms with van der Waals surface area (Å²) in [6, 6.07) is 3.21. The highest BCUT2D eigenvalue weighted by molar-refractivity contribution is 7.99. The molecule has 3 fully saturated rings. The lowest BCUT2D eigenvalue weighted by Crippen LogP contribution is -2.42. The van der Waals surface area contributed by atoms with Crippen molar-refractivity contribution in [3.8, 4) is 0 Å². The molecule has 0 saturated carbocycles. The van der Waals surface area contributed by atoms with Crippen LogP contribution in [0.3, 0.4) is 0 Å². The number of carbonyl (C=O) groups excluding carboxylic acids is 3. The molecule has 8 nitrogen and oxygen atoms in total. The number of rotatable bonds is 4. The third kappa shape index (κ3) is 4.55. The number of aryl methyl sites for hydroxylation is 1. The Balaban J connectivity index is 1.40. The Morgan fingerprint density at radius 3 is 2.58 bits per heavy atom. The van der Waals surface area contributed by atoms with Gasteiger partial charge in [-0.25, -0.2) is 0 Å². The molecular formula is C21H27N5O3S2. The molecule has 3 aliphatic rings. The van der Waals surface area contributed by atoms with E-state index in [1.807, 2.05) is 24.0 Å². The summed E-state index contributed by atoms with van der Waals surface area (Å²) in [7, 11) is 1.61. The number of carbonyl (C=O) groups is 3. The van der Waals surface area contributed by atoms with Crippen molar-refractivity contribution in [3.63, 3.8) is 0 Å². The molecule has 0 radical (unpaired) electrons. The SMILES string of the molecule is Cc1ccc(C(=O)N2CCSC2)c(C2CCN(C(=O)CC3NC(=S)N(C)C3=O)CC2)n1. The zero-order valence-electron chi connectivity index (χ0n) is 17.8. The predicted molar refractivity (Wildman–Crippen MR) is 123 cm³/mol. The maximum atomic E-state index is 13.0. The van der Waals surface area contributed by atoms with Gasteiger partial charge in [-0.2, -0.15) is 0 Å². The highest BCUT2D eigenvalue weighted by atomic mass is 32.2. The van der Waals surface area contributed by atoms with Crippen molar-refractivity contribution < 1.29 is 14.4 Å². The van der Waals surface area contributed by atoms with Crippen LogP contribution in [0.5, 0.6) is 0 Å². The van der Waals surface area contributed by atoms with Gasteiger partial charge >= 0.3 is 0 Å². The average Bonchev–Trinajstić information content (AvgIpc) is 3.39. The normalized spacial score (nSPS) is 22.3. The van der Waals surface area contributed by atoms with Gasteiger partial charge in [0.1, 0.15) is 6.04 Å². The van der Waals surface area contributed by atoms with E-state index >= 15 is 0 Å². The summed E-state index contributed by atoms with van der Waals surface area (Å²) >= 11 is 6.85. The molecule has 10 heteroatoms. The van der Waals surface area contributed by atoms with Crippen LogP contribution in [0.4, 0.5) is 0 Å². The van der Waals surface area contributed by atoms with Crippen LogP contribution in [0.15, 0.2) is 12.1 Å². The average molecular weight is 462 g/mol. The van der Waals surface area contributed by atoms with Crippen molar-refractivity contribution in [1.82, 2.24) is 25.0 Å². The Labute approximate surface area is 191 Å². The smallest absolute Gasteiger partial charge is 0.256 e. The zero-order chi connectivity index (χ0) is 22.1. The number of likely N-dealkylation sites (N-methyl/N-ethyl adjacent to an activating group) is 1. The van der Waals surface area contributed by atoms with Crippen molar-refractivity contribution in [2.75, 3.05) is 38.3 Å². The Morgan fingerprint density at radius 2 is 1.97 bits per heavy atom. The van der Waals surface area contributed by atoms with Crippen LogP contribution < -0.4 is 5.32 Å². The van der Waals surface area contributed by atoms with Crippen molar-refractivity contribution in [1.29, 1.82) is 0 Å². The van der Waals surface area contributed by atoms with Crippen molar-refractivity contribution in [2.45, 2.75) is 38.1 Å². The van der Waals surface area contributed by atoms with E-state index in [1.165, 1.54) is 4.90 Å².